The Kier molecular flexibility index (Phi) is 8.86. The van der Waals surface area contributed by atoms with Gasteiger partial charge < -0.3 is 0 Å². The molecule has 0 spiro atoms. The van der Waals surface area contributed by atoms with E-state index in [4.69, 9.17) is 0 Å². The van der Waals surface area contributed by atoms with Gasteiger partial charge in [0.05, 0.1) is 11.6 Å². The van der Waals surface area contributed by atoms with E-state index in [9.17, 15) is 5.26 Å². The highest BCUT2D eigenvalue weighted by Crippen LogP contribution is 2.43. The van der Waals surface area contributed by atoms with Crippen LogP contribution in [0.4, 0.5) is 0 Å². The molecule has 0 bridgehead atoms. The lowest BCUT2D eigenvalue weighted by Crippen LogP contribution is -2.26. The molecule has 1 aromatic heterocycles. The largest absolute Gasteiger partial charge is 0.192 e. The third-order valence-electron chi connectivity index (χ3n) is 8.52. The van der Waals surface area contributed by atoms with Crippen molar-refractivity contribution in [2.24, 2.45) is 23.7 Å². The van der Waals surface area contributed by atoms with Gasteiger partial charge in [0.15, 0.2) is 0 Å². The van der Waals surface area contributed by atoms with Crippen LogP contribution in [0.2, 0.25) is 0 Å². The van der Waals surface area contributed by atoms with E-state index in [1.165, 1.54) is 99.5 Å². The predicted molar refractivity (Wildman–Crippen MR) is 138 cm³/mol. The molecule has 0 saturated heterocycles. The summed E-state index contributed by atoms with van der Waals surface area (Å²) >= 11 is 1.78. The van der Waals surface area contributed by atoms with Crippen molar-refractivity contribution in [3.8, 4) is 16.5 Å². The van der Waals surface area contributed by atoms with Crippen LogP contribution < -0.4 is 0 Å². The Morgan fingerprint density at radius 2 is 1.56 bits per heavy atom. The standard InChI is InChI=1S/C30H41NS/c1-2-3-4-6-23-8-13-25(14-9-23)26-15-10-24(11-16-26)12-17-27-21-28(18-19-29(27)22-31)30-7-5-20-32-30/h5,7,18-21,23-26H,2-4,6,8-17H2,1H3. The van der Waals surface area contributed by atoms with Crippen LogP contribution in [-0.4, -0.2) is 0 Å². The predicted octanol–water partition coefficient (Wildman–Crippen LogP) is 9.41. The highest BCUT2D eigenvalue weighted by atomic mass is 32.1. The molecule has 2 saturated carbocycles. The number of rotatable bonds is 9. The van der Waals surface area contributed by atoms with Crippen molar-refractivity contribution >= 4 is 11.3 Å². The first-order chi connectivity index (χ1) is 15.8. The summed E-state index contributed by atoms with van der Waals surface area (Å²) in [4.78, 5) is 1.30. The highest BCUT2D eigenvalue weighted by Gasteiger charge is 2.30. The first-order valence-electron chi connectivity index (χ1n) is 13.3. The van der Waals surface area contributed by atoms with Crippen LogP contribution in [0, 0.1) is 35.0 Å². The summed E-state index contributed by atoms with van der Waals surface area (Å²) in [6.07, 6.45) is 19.8. The number of hydrogen-bond donors (Lipinski definition) is 0. The van der Waals surface area contributed by atoms with Crippen LogP contribution in [0.15, 0.2) is 35.7 Å². The van der Waals surface area contributed by atoms with E-state index in [2.05, 4.69) is 42.6 Å². The molecule has 0 unspecified atom stereocenters. The van der Waals surface area contributed by atoms with E-state index in [-0.39, 0.29) is 0 Å². The van der Waals surface area contributed by atoms with Crippen LogP contribution in [0.3, 0.4) is 0 Å². The van der Waals surface area contributed by atoms with E-state index in [1.807, 2.05) is 6.07 Å². The van der Waals surface area contributed by atoms with Gasteiger partial charge in [0.2, 0.25) is 0 Å². The molecular formula is C30H41NS. The minimum atomic E-state index is 0.855. The average Bonchev–Trinajstić information content (AvgIpc) is 3.39. The molecule has 0 radical (unpaired) electrons. The molecule has 0 aliphatic heterocycles. The fourth-order valence-electron chi connectivity index (χ4n) is 6.44. The molecule has 0 atom stereocenters. The van der Waals surface area contributed by atoms with Crippen LogP contribution >= 0.6 is 11.3 Å². The fourth-order valence-corrected chi connectivity index (χ4v) is 7.17. The lowest BCUT2D eigenvalue weighted by atomic mass is 9.68. The molecule has 1 heterocycles. The van der Waals surface area contributed by atoms with Gasteiger partial charge in [-0.1, -0.05) is 70.4 Å². The number of aryl methyl sites for hydroxylation is 1. The van der Waals surface area contributed by atoms with Crippen LogP contribution in [0.1, 0.15) is 102 Å². The number of benzene rings is 1. The Morgan fingerprint density at radius 3 is 2.16 bits per heavy atom. The van der Waals surface area contributed by atoms with E-state index in [0.717, 1.165) is 35.7 Å². The third kappa shape index (κ3) is 6.26. The zero-order chi connectivity index (χ0) is 22.2. The molecule has 2 heteroatoms. The van der Waals surface area contributed by atoms with Gasteiger partial charge in [-0.3, -0.25) is 0 Å². The molecule has 1 aromatic carbocycles. The quantitative estimate of drug-likeness (QED) is 0.351. The second kappa shape index (κ2) is 12.0. The summed E-state index contributed by atoms with van der Waals surface area (Å²) in [6.45, 7) is 2.32. The van der Waals surface area contributed by atoms with E-state index in [1.54, 1.807) is 11.3 Å². The van der Waals surface area contributed by atoms with Gasteiger partial charge in [-0.2, -0.15) is 5.26 Å². The van der Waals surface area contributed by atoms with Crippen LogP contribution in [-0.2, 0) is 6.42 Å². The molecule has 1 nitrogen and oxygen atoms in total. The Bertz CT molecular complexity index is 845. The van der Waals surface area contributed by atoms with Crippen molar-refractivity contribution in [2.75, 3.05) is 0 Å². The molecule has 2 aliphatic carbocycles. The first-order valence-corrected chi connectivity index (χ1v) is 14.2. The Morgan fingerprint density at radius 1 is 0.875 bits per heavy atom. The normalized spacial score (nSPS) is 26.0. The first kappa shape index (κ1) is 23.6. The van der Waals surface area contributed by atoms with E-state index < -0.39 is 0 Å². The molecular weight excluding hydrogens is 406 g/mol. The molecule has 2 fully saturated rings. The van der Waals surface area contributed by atoms with Gasteiger partial charge >= 0.3 is 0 Å². The van der Waals surface area contributed by atoms with Crippen molar-refractivity contribution in [1.82, 2.24) is 0 Å². The third-order valence-corrected chi connectivity index (χ3v) is 9.44. The lowest BCUT2D eigenvalue weighted by Gasteiger charge is -2.38. The Hall–Kier alpha value is -1.59. The Labute approximate surface area is 200 Å². The van der Waals surface area contributed by atoms with Crippen molar-refractivity contribution in [2.45, 2.75) is 96.8 Å². The Balaban J connectivity index is 1.22. The van der Waals surface area contributed by atoms with Crippen molar-refractivity contribution in [1.29, 1.82) is 5.26 Å². The average molecular weight is 448 g/mol. The molecule has 32 heavy (non-hydrogen) atoms. The molecule has 172 valence electrons. The smallest absolute Gasteiger partial charge is 0.0994 e. The van der Waals surface area contributed by atoms with Crippen molar-refractivity contribution in [3.63, 3.8) is 0 Å². The minimum Gasteiger partial charge on any atom is -0.192 e. The molecule has 0 amide bonds. The van der Waals surface area contributed by atoms with Gasteiger partial charge in [0, 0.05) is 4.88 Å². The zero-order valence-corrected chi connectivity index (χ0v) is 20.8. The van der Waals surface area contributed by atoms with Gasteiger partial charge in [-0.25, -0.2) is 0 Å². The maximum Gasteiger partial charge on any atom is 0.0994 e. The van der Waals surface area contributed by atoms with Crippen LogP contribution in [0.25, 0.3) is 10.4 Å². The van der Waals surface area contributed by atoms with Gasteiger partial charge in [0.1, 0.15) is 0 Å². The molecule has 0 N–H and O–H groups in total. The lowest BCUT2D eigenvalue weighted by molar-refractivity contribution is 0.140. The number of unbranched alkanes of at least 4 members (excludes halogenated alkanes) is 2. The van der Waals surface area contributed by atoms with Gasteiger partial charge in [0.25, 0.3) is 0 Å². The number of nitrogens with zero attached hydrogens (tertiary/aromatic N) is 1. The number of nitriles is 1. The van der Waals surface area contributed by atoms with E-state index in [0.29, 0.717) is 0 Å². The monoisotopic (exact) mass is 447 g/mol. The maximum atomic E-state index is 9.59. The summed E-state index contributed by atoms with van der Waals surface area (Å²) in [5.74, 6) is 3.91. The summed E-state index contributed by atoms with van der Waals surface area (Å²) in [6, 6.07) is 13.1. The summed E-state index contributed by atoms with van der Waals surface area (Å²) < 4.78 is 0. The summed E-state index contributed by atoms with van der Waals surface area (Å²) in [5.41, 5.74) is 3.39. The van der Waals surface area contributed by atoms with Crippen molar-refractivity contribution in [3.05, 3.63) is 46.8 Å². The second-order valence-corrected chi connectivity index (χ2v) is 11.5. The summed E-state index contributed by atoms with van der Waals surface area (Å²) in [7, 11) is 0. The van der Waals surface area contributed by atoms with Crippen LogP contribution in [0.5, 0.6) is 0 Å². The molecule has 2 aromatic rings. The fraction of sp³-hybridized carbons (Fsp3) is 0.633. The second-order valence-electron chi connectivity index (χ2n) is 10.6. The molecule has 4 rings (SSSR count). The number of thiophene rings is 1. The van der Waals surface area contributed by atoms with Gasteiger partial charge in [-0.15, -0.1) is 11.3 Å². The highest BCUT2D eigenvalue weighted by molar-refractivity contribution is 7.13. The topological polar surface area (TPSA) is 23.8 Å². The summed E-state index contributed by atoms with van der Waals surface area (Å²) in [5, 5.41) is 11.7. The van der Waals surface area contributed by atoms with Crippen molar-refractivity contribution < 1.29 is 0 Å². The SMILES string of the molecule is CCCCCC1CCC(C2CCC(CCc3cc(-c4cccs4)ccc3C#N)CC2)CC1. The minimum absolute atomic E-state index is 0.855. The van der Waals surface area contributed by atoms with E-state index >= 15 is 0 Å². The zero-order valence-electron chi connectivity index (χ0n) is 20.0. The number of hydrogen-bond acceptors (Lipinski definition) is 2. The maximum absolute atomic E-state index is 9.59. The molecule has 2 aliphatic rings. The van der Waals surface area contributed by atoms with Gasteiger partial charge in [-0.05, 0) is 96.9 Å².